The van der Waals surface area contributed by atoms with Gasteiger partial charge in [-0.2, -0.15) is 0 Å². The molecule has 0 rings (SSSR count). The molecular weight excluding hydrogens is 264 g/mol. The second-order valence-electron chi connectivity index (χ2n) is 5.23. The third-order valence-electron chi connectivity index (χ3n) is 3.14. The number of esters is 1. The van der Waals surface area contributed by atoms with Crippen molar-refractivity contribution in [1.82, 2.24) is 0 Å². The topological polar surface area (TPSA) is 43.4 Å². The van der Waals surface area contributed by atoms with Crippen molar-refractivity contribution in [2.75, 3.05) is 0 Å². The predicted molar refractivity (Wildman–Crippen MR) is 87.1 cm³/mol. The number of hydrogen-bond donors (Lipinski definition) is 0. The highest BCUT2D eigenvalue weighted by Crippen LogP contribution is 2.07. The van der Waals surface area contributed by atoms with Crippen LogP contribution in [0.3, 0.4) is 0 Å². The summed E-state index contributed by atoms with van der Waals surface area (Å²) in [4.78, 5) is 21.4. The number of carbonyl (C=O) groups is 2. The van der Waals surface area contributed by atoms with Crippen LogP contribution in [0.25, 0.3) is 0 Å². The minimum atomic E-state index is -0.570. The lowest BCUT2D eigenvalue weighted by atomic mass is 10.1. The normalized spacial score (nSPS) is 12.9. The van der Waals surface area contributed by atoms with E-state index in [4.69, 9.17) is 4.74 Å². The molecule has 0 aliphatic heterocycles. The molecule has 0 amide bonds. The molecule has 0 radical (unpaired) electrons. The van der Waals surface area contributed by atoms with Gasteiger partial charge in [0.1, 0.15) is 0 Å². The number of unbranched alkanes of at least 4 members (excludes halogenated alkanes) is 5. The van der Waals surface area contributed by atoms with Crippen LogP contribution in [-0.4, -0.2) is 18.4 Å². The van der Waals surface area contributed by atoms with E-state index in [2.05, 4.69) is 31.2 Å². The van der Waals surface area contributed by atoms with Crippen LogP contribution in [0.1, 0.15) is 71.6 Å². The molecule has 0 aromatic carbocycles. The summed E-state index contributed by atoms with van der Waals surface area (Å²) >= 11 is 0. The molecule has 0 aromatic heterocycles. The van der Waals surface area contributed by atoms with Gasteiger partial charge in [0.15, 0.2) is 12.4 Å². The first kappa shape index (κ1) is 19.6. The Morgan fingerprint density at radius 3 is 2.05 bits per heavy atom. The number of aldehydes is 1. The molecular formula is C18H30O3. The van der Waals surface area contributed by atoms with Gasteiger partial charge in [-0.25, -0.2) is 0 Å². The van der Waals surface area contributed by atoms with Crippen LogP contribution in [0.15, 0.2) is 24.3 Å². The average Bonchev–Trinajstić information content (AvgIpc) is 2.46. The zero-order valence-corrected chi connectivity index (χ0v) is 13.6. The average molecular weight is 294 g/mol. The second kappa shape index (κ2) is 15.0. The van der Waals surface area contributed by atoms with Crippen LogP contribution in [-0.2, 0) is 14.3 Å². The molecule has 0 aliphatic carbocycles. The summed E-state index contributed by atoms with van der Waals surface area (Å²) < 4.78 is 4.87. The van der Waals surface area contributed by atoms with Crippen molar-refractivity contribution >= 4 is 12.3 Å². The Hall–Kier alpha value is -1.38. The standard InChI is InChI=1S/C18H30O3/c1-3-4-5-6-7-8-9-10-11-12-13-14-15-18(16-19)21-17(2)20/h6-7,10-11,16,18H,3-5,8-9,12-15H2,1-2H3/b7-6-,11-10-. The Balaban J connectivity index is 3.45. The van der Waals surface area contributed by atoms with Gasteiger partial charge in [0.05, 0.1) is 0 Å². The molecule has 1 unspecified atom stereocenters. The SMILES string of the molecule is CCCC/C=C\CC/C=C\CCCCC(C=O)OC(C)=O. The Kier molecular flexibility index (Phi) is 14.0. The van der Waals surface area contributed by atoms with Crippen molar-refractivity contribution in [2.24, 2.45) is 0 Å². The maximum atomic E-state index is 10.7. The van der Waals surface area contributed by atoms with E-state index in [0.717, 1.165) is 32.1 Å². The Morgan fingerprint density at radius 1 is 0.952 bits per heavy atom. The second-order valence-corrected chi connectivity index (χ2v) is 5.23. The summed E-state index contributed by atoms with van der Waals surface area (Å²) in [6, 6.07) is 0. The largest absolute Gasteiger partial charge is 0.455 e. The first-order valence-electron chi connectivity index (χ1n) is 8.13. The van der Waals surface area contributed by atoms with Crippen LogP contribution in [0.4, 0.5) is 0 Å². The van der Waals surface area contributed by atoms with Gasteiger partial charge in [-0.1, -0.05) is 44.1 Å². The fourth-order valence-electron chi connectivity index (χ4n) is 1.96. The highest BCUT2D eigenvalue weighted by atomic mass is 16.5. The number of allylic oxidation sites excluding steroid dienone is 4. The quantitative estimate of drug-likeness (QED) is 0.213. The molecule has 21 heavy (non-hydrogen) atoms. The van der Waals surface area contributed by atoms with Gasteiger partial charge in [-0.3, -0.25) is 9.59 Å². The molecule has 0 heterocycles. The number of carbonyl (C=O) groups excluding carboxylic acids is 2. The molecule has 1 atom stereocenters. The smallest absolute Gasteiger partial charge is 0.303 e. The molecule has 3 nitrogen and oxygen atoms in total. The van der Waals surface area contributed by atoms with Crippen molar-refractivity contribution in [3.8, 4) is 0 Å². The Morgan fingerprint density at radius 2 is 1.52 bits per heavy atom. The molecule has 0 spiro atoms. The van der Waals surface area contributed by atoms with Crippen molar-refractivity contribution in [3.63, 3.8) is 0 Å². The third-order valence-corrected chi connectivity index (χ3v) is 3.14. The minimum absolute atomic E-state index is 0.390. The highest BCUT2D eigenvalue weighted by molar-refractivity contribution is 5.69. The van der Waals surface area contributed by atoms with Gasteiger partial charge in [0.25, 0.3) is 0 Å². The highest BCUT2D eigenvalue weighted by Gasteiger charge is 2.09. The molecule has 3 heteroatoms. The number of hydrogen-bond acceptors (Lipinski definition) is 3. The van der Waals surface area contributed by atoms with Crippen LogP contribution in [0.2, 0.25) is 0 Å². The first-order chi connectivity index (χ1) is 10.2. The van der Waals surface area contributed by atoms with Crippen LogP contribution in [0.5, 0.6) is 0 Å². The minimum Gasteiger partial charge on any atom is -0.455 e. The maximum absolute atomic E-state index is 10.7. The molecule has 0 bridgehead atoms. The van der Waals surface area contributed by atoms with E-state index in [1.54, 1.807) is 0 Å². The summed E-state index contributed by atoms with van der Waals surface area (Å²) in [5.41, 5.74) is 0. The third kappa shape index (κ3) is 14.8. The van der Waals surface area contributed by atoms with Gasteiger partial charge in [-0.05, 0) is 44.9 Å². The van der Waals surface area contributed by atoms with E-state index in [1.165, 1.54) is 26.2 Å². The zero-order chi connectivity index (χ0) is 15.8. The van der Waals surface area contributed by atoms with E-state index < -0.39 is 6.10 Å². The first-order valence-corrected chi connectivity index (χ1v) is 8.13. The summed E-state index contributed by atoms with van der Waals surface area (Å²) in [6.45, 7) is 3.54. The predicted octanol–water partition coefficient (Wildman–Crippen LogP) is 4.76. The molecule has 0 saturated heterocycles. The van der Waals surface area contributed by atoms with Gasteiger partial charge in [-0.15, -0.1) is 0 Å². The molecule has 120 valence electrons. The van der Waals surface area contributed by atoms with E-state index in [-0.39, 0.29) is 5.97 Å². The van der Waals surface area contributed by atoms with Crippen LogP contribution < -0.4 is 0 Å². The monoisotopic (exact) mass is 294 g/mol. The van der Waals surface area contributed by atoms with Gasteiger partial charge >= 0.3 is 5.97 Å². The van der Waals surface area contributed by atoms with Crippen molar-refractivity contribution in [3.05, 3.63) is 24.3 Å². The van der Waals surface area contributed by atoms with E-state index in [9.17, 15) is 9.59 Å². The molecule has 0 aromatic rings. The van der Waals surface area contributed by atoms with E-state index in [1.807, 2.05) is 0 Å². The van der Waals surface area contributed by atoms with E-state index >= 15 is 0 Å². The summed E-state index contributed by atoms with van der Waals surface area (Å²) in [6.07, 6.45) is 18.6. The van der Waals surface area contributed by atoms with Crippen molar-refractivity contribution in [2.45, 2.75) is 77.7 Å². The lowest BCUT2D eigenvalue weighted by molar-refractivity contribution is -0.149. The summed E-state index contributed by atoms with van der Waals surface area (Å²) in [7, 11) is 0. The van der Waals surface area contributed by atoms with Crippen molar-refractivity contribution < 1.29 is 14.3 Å². The zero-order valence-electron chi connectivity index (χ0n) is 13.6. The van der Waals surface area contributed by atoms with Gasteiger partial charge < -0.3 is 4.74 Å². The number of ether oxygens (including phenoxy) is 1. The van der Waals surface area contributed by atoms with Crippen molar-refractivity contribution in [1.29, 1.82) is 0 Å². The Bertz CT molecular complexity index is 318. The fourth-order valence-corrected chi connectivity index (χ4v) is 1.96. The van der Waals surface area contributed by atoms with Gasteiger partial charge in [0, 0.05) is 6.92 Å². The van der Waals surface area contributed by atoms with E-state index in [0.29, 0.717) is 12.7 Å². The molecule has 0 aliphatic rings. The Labute approximate surface area is 129 Å². The molecule has 0 saturated carbocycles. The van der Waals surface area contributed by atoms with Crippen LogP contribution >= 0.6 is 0 Å². The maximum Gasteiger partial charge on any atom is 0.303 e. The summed E-state index contributed by atoms with van der Waals surface area (Å²) in [5, 5.41) is 0. The molecule has 0 N–H and O–H groups in total. The summed E-state index contributed by atoms with van der Waals surface area (Å²) in [5.74, 6) is -0.390. The van der Waals surface area contributed by atoms with Crippen LogP contribution in [0, 0.1) is 0 Å². The molecule has 0 fully saturated rings. The van der Waals surface area contributed by atoms with Gasteiger partial charge in [0.2, 0.25) is 0 Å². The lowest BCUT2D eigenvalue weighted by Crippen LogP contribution is -2.17. The fraction of sp³-hybridized carbons (Fsp3) is 0.667. The lowest BCUT2D eigenvalue weighted by Gasteiger charge is -2.09. The number of rotatable bonds is 13.